The summed E-state index contributed by atoms with van der Waals surface area (Å²) >= 11 is 0. The highest BCUT2D eigenvalue weighted by molar-refractivity contribution is 5.90. The summed E-state index contributed by atoms with van der Waals surface area (Å²) in [5.74, 6) is -0.0478. The zero-order chi connectivity index (χ0) is 12.5. The predicted molar refractivity (Wildman–Crippen MR) is 67.0 cm³/mol. The fourth-order valence-corrected chi connectivity index (χ4v) is 1.42. The van der Waals surface area contributed by atoms with Gasteiger partial charge in [0.15, 0.2) is 0 Å². The quantitative estimate of drug-likeness (QED) is 0.708. The summed E-state index contributed by atoms with van der Waals surface area (Å²) in [5.41, 5.74) is 1.83. The summed E-state index contributed by atoms with van der Waals surface area (Å²) in [4.78, 5) is 11.5. The molecule has 0 radical (unpaired) electrons. The maximum absolute atomic E-state index is 11.5. The molecular weight excluding hydrogens is 218 g/mol. The van der Waals surface area contributed by atoms with E-state index in [0.29, 0.717) is 26.1 Å². The van der Waals surface area contributed by atoms with E-state index in [-0.39, 0.29) is 12.5 Å². The molecule has 0 aliphatic rings. The number of aliphatic hydroxyl groups excluding tert-OH is 1. The minimum absolute atomic E-state index is 0.0478. The van der Waals surface area contributed by atoms with Gasteiger partial charge in [0.1, 0.15) is 0 Å². The normalized spacial score (nSPS) is 10.2. The lowest BCUT2D eigenvalue weighted by molar-refractivity contribution is -0.117. The minimum Gasteiger partial charge on any atom is -0.396 e. The van der Waals surface area contributed by atoms with Crippen LogP contribution in [0.3, 0.4) is 0 Å². The molecule has 0 aromatic heterocycles. The van der Waals surface area contributed by atoms with Crippen molar-refractivity contribution in [3.8, 4) is 0 Å². The number of hydrogen-bond donors (Lipinski definition) is 2. The summed E-state index contributed by atoms with van der Waals surface area (Å²) in [6.45, 7) is 3.12. The number of hydrogen-bond acceptors (Lipinski definition) is 3. The van der Waals surface area contributed by atoms with Crippen LogP contribution in [0.15, 0.2) is 24.3 Å². The molecule has 1 aromatic carbocycles. The number of carbonyl (C=O) groups is 1. The summed E-state index contributed by atoms with van der Waals surface area (Å²) in [7, 11) is 0. The van der Waals surface area contributed by atoms with Gasteiger partial charge in [-0.15, -0.1) is 0 Å². The Bertz CT molecular complexity index is 335. The van der Waals surface area contributed by atoms with Gasteiger partial charge >= 0.3 is 0 Å². The first-order valence-electron chi connectivity index (χ1n) is 5.83. The molecule has 0 spiro atoms. The second-order valence-electron chi connectivity index (χ2n) is 3.67. The van der Waals surface area contributed by atoms with Crippen LogP contribution in [-0.2, 0) is 16.0 Å². The molecule has 1 amide bonds. The first kappa shape index (κ1) is 13.7. The van der Waals surface area contributed by atoms with E-state index < -0.39 is 0 Å². The summed E-state index contributed by atoms with van der Waals surface area (Å²) in [6, 6.07) is 7.47. The topological polar surface area (TPSA) is 58.6 Å². The van der Waals surface area contributed by atoms with Gasteiger partial charge in [0.25, 0.3) is 0 Å². The summed E-state index contributed by atoms with van der Waals surface area (Å²) in [6.07, 6.45) is 1.00. The number of benzene rings is 1. The van der Waals surface area contributed by atoms with Crippen molar-refractivity contribution in [1.29, 1.82) is 0 Å². The smallest absolute Gasteiger partial charge is 0.226 e. The Morgan fingerprint density at radius 3 is 2.65 bits per heavy atom. The van der Waals surface area contributed by atoms with Crippen LogP contribution in [0.2, 0.25) is 0 Å². The molecule has 0 aliphatic carbocycles. The molecule has 0 aliphatic heterocycles. The Balaban J connectivity index is 2.37. The van der Waals surface area contributed by atoms with Gasteiger partial charge in [0, 0.05) is 18.9 Å². The maximum Gasteiger partial charge on any atom is 0.226 e. The van der Waals surface area contributed by atoms with E-state index in [0.717, 1.165) is 11.3 Å². The van der Waals surface area contributed by atoms with Gasteiger partial charge in [0.2, 0.25) is 5.91 Å². The number of ether oxygens (including phenoxy) is 1. The molecule has 4 heteroatoms. The highest BCUT2D eigenvalue weighted by Crippen LogP contribution is 2.10. The molecule has 0 heterocycles. The molecule has 0 atom stereocenters. The number of aliphatic hydroxyl groups is 1. The number of anilines is 1. The molecule has 0 saturated carbocycles. The van der Waals surface area contributed by atoms with Crippen LogP contribution in [0.1, 0.15) is 18.9 Å². The van der Waals surface area contributed by atoms with Gasteiger partial charge < -0.3 is 15.2 Å². The molecule has 1 rings (SSSR count). The Hall–Kier alpha value is -1.39. The lowest BCUT2D eigenvalue weighted by atomic mass is 10.1. The van der Waals surface area contributed by atoms with Crippen LogP contribution in [0, 0.1) is 0 Å². The first-order chi connectivity index (χ1) is 8.26. The minimum atomic E-state index is -0.0478. The van der Waals surface area contributed by atoms with Gasteiger partial charge in [-0.05, 0) is 31.0 Å². The Kier molecular flexibility index (Phi) is 6.29. The number of rotatable bonds is 7. The molecule has 2 N–H and O–H groups in total. The molecule has 17 heavy (non-hydrogen) atoms. The van der Waals surface area contributed by atoms with Gasteiger partial charge in [-0.25, -0.2) is 0 Å². The van der Waals surface area contributed by atoms with Gasteiger partial charge in [-0.3, -0.25) is 4.79 Å². The average molecular weight is 237 g/mol. The van der Waals surface area contributed by atoms with Crippen molar-refractivity contribution >= 4 is 11.6 Å². The lowest BCUT2D eigenvalue weighted by Gasteiger charge is -2.06. The molecule has 1 aromatic rings. The third-order valence-electron chi connectivity index (χ3n) is 2.32. The van der Waals surface area contributed by atoms with Crippen molar-refractivity contribution in [2.45, 2.75) is 19.8 Å². The van der Waals surface area contributed by atoms with Crippen molar-refractivity contribution in [3.05, 3.63) is 29.8 Å². The van der Waals surface area contributed by atoms with Crippen LogP contribution in [-0.4, -0.2) is 30.8 Å². The highest BCUT2D eigenvalue weighted by atomic mass is 16.5. The van der Waals surface area contributed by atoms with Crippen LogP contribution < -0.4 is 5.32 Å². The van der Waals surface area contributed by atoms with Crippen molar-refractivity contribution in [2.24, 2.45) is 0 Å². The SMILES string of the molecule is CCOCCC(=O)Nc1ccc(CCO)cc1. The number of amides is 1. The van der Waals surface area contributed by atoms with Crippen molar-refractivity contribution in [2.75, 3.05) is 25.1 Å². The highest BCUT2D eigenvalue weighted by Gasteiger charge is 2.02. The van der Waals surface area contributed by atoms with Crippen molar-refractivity contribution < 1.29 is 14.6 Å². The largest absolute Gasteiger partial charge is 0.396 e. The van der Waals surface area contributed by atoms with E-state index in [1.54, 1.807) is 0 Å². The van der Waals surface area contributed by atoms with E-state index in [1.807, 2.05) is 31.2 Å². The Morgan fingerprint density at radius 2 is 2.06 bits per heavy atom. The van der Waals surface area contributed by atoms with Crippen LogP contribution >= 0.6 is 0 Å². The Morgan fingerprint density at radius 1 is 1.35 bits per heavy atom. The Labute approximate surface area is 102 Å². The van der Waals surface area contributed by atoms with Gasteiger partial charge in [-0.2, -0.15) is 0 Å². The molecule has 0 fully saturated rings. The second-order valence-corrected chi connectivity index (χ2v) is 3.67. The molecule has 0 saturated heterocycles. The summed E-state index contributed by atoms with van der Waals surface area (Å²) < 4.78 is 5.10. The van der Waals surface area contributed by atoms with Crippen LogP contribution in [0.25, 0.3) is 0 Å². The average Bonchev–Trinajstić information content (AvgIpc) is 2.32. The van der Waals surface area contributed by atoms with Gasteiger partial charge in [0.05, 0.1) is 13.0 Å². The van der Waals surface area contributed by atoms with E-state index in [4.69, 9.17) is 9.84 Å². The number of nitrogens with one attached hydrogen (secondary N) is 1. The molecule has 0 unspecified atom stereocenters. The lowest BCUT2D eigenvalue weighted by Crippen LogP contribution is -2.14. The third kappa shape index (κ3) is 5.47. The fraction of sp³-hybridized carbons (Fsp3) is 0.462. The summed E-state index contributed by atoms with van der Waals surface area (Å²) in [5, 5.41) is 11.6. The maximum atomic E-state index is 11.5. The van der Waals surface area contributed by atoms with Crippen LogP contribution in [0.4, 0.5) is 5.69 Å². The van der Waals surface area contributed by atoms with E-state index in [9.17, 15) is 4.79 Å². The molecule has 4 nitrogen and oxygen atoms in total. The van der Waals surface area contributed by atoms with E-state index >= 15 is 0 Å². The van der Waals surface area contributed by atoms with Gasteiger partial charge in [-0.1, -0.05) is 12.1 Å². The fourth-order valence-electron chi connectivity index (χ4n) is 1.42. The molecule has 0 bridgehead atoms. The van der Waals surface area contributed by atoms with E-state index in [1.165, 1.54) is 0 Å². The standard InChI is InChI=1S/C13H19NO3/c1-2-17-10-8-13(16)14-12-5-3-11(4-6-12)7-9-15/h3-6,15H,2,7-10H2,1H3,(H,14,16). The monoisotopic (exact) mass is 237 g/mol. The zero-order valence-electron chi connectivity index (χ0n) is 10.1. The zero-order valence-corrected chi connectivity index (χ0v) is 10.1. The van der Waals surface area contributed by atoms with E-state index in [2.05, 4.69) is 5.32 Å². The third-order valence-corrected chi connectivity index (χ3v) is 2.32. The number of carbonyl (C=O) groups excluding carboxylic acids is 1. The first-order valence-corrected chi connectivity index (χ1v) is 5.83. The second kappa shape index (κ2) is 7.81. The molecule has 94 valence electrons. The predicted octanol–water partition coefficient (Wildman–Crippen LogP) is 1.59. The van der Waals surface area contributed by atoms with Crippen molar-refractivity contribution in [1.82, 2.24) is 0 Å². The molecular formula is C13H19NO3. The van der Waals surface area contributed by atoms with Crippen LogP contribution in [0.5, 0.6) is 0 Å². The van der Waals surface area contributed by atoms with Crippen molar-refractivity contribution in [3.63, 3.8) is 0 Å².